The van der Waals surface area contributed by atoms with Gasteiger partial charge in [-0.05, 0) is 70.2 Å². The second kappa shape index (κ2) is 10.7. The summed E-state index contributed by atoms with van der Waals surface area (Å²) in [5.41, 5.74) is 4.61. The Kier molecular flexibility index (Phi) is 7.27. The van der Waals surface area contributed by atoms with E-state index in [2.05, 4.69) is 31.7 Å². The molecule has 0 aliphatic carbocycles. The number of anilines is 2. The number of carbonyl (C=O) groups is 1. The van der Waals surface area contributed by atoms with Crippen LogP contribution in [0.4, 0.5) is 11.5 Å². The highest BCUT2D eigenvalue weighted by Gasteiger charge is 2.13. The minimum absolute atomic E-state index is 0.144. The van der Waals surface area contributed by atoms with E-state index >= 15 is 0 Å². The van der Waals surface area contributed by atoms with E-state index in [0.29, 0.717) is 22.8 Å². The number of nitrogens with zero attached hydrogens (tertiary/aromatic N) is 3. The van der Waals surface area contributed by atoms with Gasteiger partial charge in [-0.2, -0.15) is 9.61 Å². The van der Waals surface area contributed by atoms with Crippen LogP contribution >= 0.6 is 39.3 Å². The highest BCUT2D eigenvalue weighted by molar-refractivity contribution is 9.10. The van der Waals surface area contributed by atoms with Crippen molar-refractivity contribution in [3.8, 4) is 11.3 Å². The smallest absolute Gasteiger partial charge is 0.255 e. The van der Waals surface area contributed by atoms with E-state index in [-0.39, 0.29) is 5.91 Å². The maximum Gasteiger partial charge on any atom is 0.255 e. The Morgan fingerprint density at radius 3 is 2.64 bits per heavy atom. The van der Waals surface area contributed by atoms with Crippen molar-refractivity contribution in [2.24, 2.45) is 0 Å². The molecule has 0 atom stereocenters. The molecule has 3 aromatic carbocycles. The van der Waals surface area contributed by atoms with Gasteiger partial charge in [0.15, 0.2) is 5.65 Å². The van der Waals surface area contributed by atoms with Crippen LogP contribution in [-0.2, 0) is 6.54 Å². The van der Waals surface area contributed by atoms with Crippen LogP contribution in [-0.4, -0.2) is 26.8 Å². The molecule has 0 radical (unpaired) electrons. The third kappa shape index (κ3) is 5.26. The molecule has 0 bridgehead atoms. The number of rotatable bonds is 7. The van der Waals surface area contributed by atoms with Gasteiger partial charge in [0.1, 0.15) is 5.82 Å². The van der Waals surface area contributed by atoms with Crippen LogP contribution in [0.25, 0.3) is 16.9 Å². The molecule has 180 valence electrons. The van der Waals surface area contributed by atoms with Crippen LogP contribution in [0.1, 0.15) is 15.9 Å². The molecule has 0 fully saturated rings. The van der Waals surface area contributed by atoms with Gasteiger partial charge in [-0.25, -0.2) is 4.98 Å². The lowest BCUT2D eigenvalue weighted by atomic mass is 10.1. The summed E-state index contributed by atoms with van der Waals surface area (Å²) < 4.78 is 2.53. The summed E-state index contributed by atoms with van der Waals surface area (Å²) >= 11 is 11.6. The fourth-order valence-electron chi connectivity index (χ4n) is 3.77. The van der Waals surface area contributed by atoms with Crippen molar-refractivity contribution in [2.45, 2.75) is 11.4 Å². The monoisotopic (exact) mass is 577 g/mol. The van der Waals surface area contributed by atoms with Gasteiger partial charge in [0.05, 0.1) is 16.4 Å². The summed E-state index contributed by atoms with van der Waals surface area (Å²) in [7, 11) is 0. The molecular weight excluding hydrogens is 558 g/mol. The molecule has 0 aliphatic heterocycles. The third-order valence-corrected chi connectivity index (χ3v) is 7.22. The molecule has 2 heterocycles. The summed E-state index contributed by atoms with van der Waals surface area (Å²) in [5.74, 6) is 0.623. The van der Waals surface area contributed by atoms with Crippen molar-refractivity contribution in [2.75, 3.05) is 16.9 Å². The van der Waals surface area contributed by atoms with E-state index in [9.17, 15) is 4.79 Å². The summed E-state index contributed by atoms with van der Waals surface area (Å²) in [6.45, 7) is 0.519. The zero-order chi connectivity index (χ0) is 25.1. The number of nitrogens with one attached hydrogen (secondary N) is 2. The molecular formula is C27H21BrClN5OS. The standard InChI is InChI=1S/C27H21BrClN5OS/c1-36-20-11-9-18(10-12-20)27(35)32-19-6-4-5-17(13-19)15-30-25-14-24(21-7-2-3-8-23(21)29)33-26-22(28)16-31-34(25)26/h2-14,16,30H,15H2,1H3,(H,32,35). The molecule has 2 N–H and O–H groups in total. The van der Waals surface area contributed by atoms with E-state index in [0.717, 1.165) is 37.7 Å². The topological polar surface area (TPSA) is 71.3 Å². The van der Waals surface area contributed by atoms with Crippen LogP contribution in [0.3, 0.4) is 0 Å². The van der Waals surface area contributed by atoms with Gasteiger partial charge >= 0.3 is 0 Å². The second-order valence-electron chi connectivity index (χ2n) is 7.97. The maximum atomic E-state index is 12.7. The Morgan fingerprint density at radius 2 is 1.86 bits per heavy atom. The van der Waals surface area contributed by atoms with Crippen molar-refractivity contribution in [3.63, 3.8) is 0 Å². The average Bonchev–Trinajstić information content (AvgIpc) is 3.28. The van der Waals surface area contributed by atoms with Crippen LogP contribution in [0.15, 0.2) is 94.4 Å². The number of thioether (sulfide) groups is 1. The number of hydrogen-bond acceptors (Lipinski definition) is 5. The first-order valence-electron chi connectivity index (χ1n) is 11.1. The van der Waals surface area contributed by atoms with Crippen molar-refractivity contribution >= 4 is 62.4 Å². The van der Waals surface area contributed by atoms with Gasteiger partial charge in [0.2, 0.25) is 0 Å². The van der Waals surface area contributed by atoms with Crippen molar-refractivity contribution in [3.05, 3.63) is 106 Å². The molecule has 0 saturated heterocycles. The van der Waals surface area contributed by atoms with Crippen LogP contribution in [0.2, 0.25) is 5.02 Å². The van der Waals surface area contributed by atoms with E-state index in [1.54, 1.807) is 22.5 Å². The Hall–Kier alpha value is -3.33. The fraction of sp³-hybridized carbons (Fsp3) is 0.0741. The molecule has 1 amide bonds. The minimum Gasteiger partial charge on any atom is -0.366 e. The lowest BCUT2D eigenvalue weighted by molar-refractivity contribution is 0.102. The number of halogens is 2. The van der Waals surface area contributed by atoms with Gasteiger partial charge in [0, 0.05) is 39.3 Å². The van der Waals surface area contributed by atoms with Crippen molar-refractivity contribution < 1.29 is 4.79 Å². The number of amides is 1. The summed E-state index contributed by atoms with van der Waals surface area (Å²) in [4.78, 5) is 18.6. The summed E-state index contributed by atoms with van der Waals surface area (Å²) in [6.07, 6.45) is 3.72. The fourth-order valence-corrected chi connectivity index (χ4v) is 4.76. The molecule has 6 nitrogen and oxygen atoms in total. The average molecular weight is 579 g/mol. The van der Waals surface area contributed by atoms with Crippen LogP contribution in [0, 0.1) is 0 Å². The van der Waals surface area contributed by atoms with Gasteiger partial charge in [0.25, 0.3) is 5.91 Å². The molecule has 0 saturated carbocycles. The largest absolute Gasteiger partial charge is 0.366 e. The lowest BCUT2D eigenvalue weighted by Crippen LogP contribution is -2.12. The second-order valence-corrected chi connectivity index (χ2v) is 10.1. The van der Waals surface area contributed by atoms with Crippen LogP contribution < -0.4 is 10.6 Å². The first kappa shape index (κ1) is 24.4. The number of hydrogen-bond donors (Lipinski definition) is 2. The molecule has 9 heteroatoms. The van der Waals surface area contributed by atoms with Crippen molar-refractivity contribution in [1.29, 1.82) is 0 Å². The normalized spacial score (nSPS) is 11.0. The minimum atomic E-state index is -0.144. The summed E-state index contributed by atoms with van der Waals surface area (Å²) in [6, 6.07) is 24.8. The molecule has 0 unspecified atom stereocenters. The van der Waals surface area contributed by atoms with E-state index in [1.807, 2.05) is 85.1 Å². The van der Waals surface area contributed by atoms with E-state index in [1.165, 1.54) is 0 Å². The highest BCUT2D eigenvalue weighted by Crippen LogP contribution is 2.30. The zero-order valence-corrected chi connectivity index (χ0v) is 22.4. The zero-order valence-electron chi connectivity index (χ0n) is 19.2. The van der Waals surface area contributed by atoms with Gasteiger partial charge in [-0.1, -0.05) is 41.9 Å². The van der Waals surface area contributed by atoms with E-state index in [4.69, 9.17) is 16.6 Å². The van der Waals surface area contributed by atoms with Crippen LogP contribution in [0.5, 0.6) is 0 Å². The maximum absolute atomic E-state index is 12.7. The summed E-state index contributed by atoms with van der Waals surface area (Å²) in [5, 5.41) is 11.5. The number of fused-ring (bicyclic) bond motifs is 1. The Bertz CT molecular complexity index is 1550. The Balaban J connectivity index is 1.36. The predicted octanol–water partition coefficient (Wildman–Crippen LogP) is 7.40. The SMILES string of the molecule is CSc1ccc(C(=O)Nc2cccc(CNc3cc(-c4ccccc4Cl)nc4c(Br)cnn34)c2)cc1. The predicted molar refractivity (Wildman–Crippen MR) is 151 cm³/mol. The number of carbonyl (C=O) groups excluding carboxylic acids is 1. The highest BCUT2D eigenvalue weighted by atomic mass is 79.9. The molecule has 5 aromatic rings. The Morgan fingerprint density at radius 1 is 1.06 bits per heavy atom. The molecule has 2 aromatic heterocycles. The van der Waals surface area contributed by atoms with Gasteiger partial charge in [-0.15, -0.1) is 11.8 Å². The van der Waals surface area contributed by atoms with E-state index < -0.39 is 0 Å². The molecule has 0 spiro atoms. The third-order valence-electron chi connectivity index (χ3n) is 5.59. The first-order valence-corrected chi connectivity index (χ1v) is 13.5. The Labute approximate surface area is 226 Å². The number of benzene rings is 3. The molecule has 0 aliphatic rings. The number of aromatic nitrogens is 3. The molecule has 5 rings (SSSR count). The lowest BCUT2D eigenvalue weighted by Gasteiger charge is -2.13. The first-order chi connectivity index (χ1) is 17.5. The quantitative estimate of drug-likeness (QED) is 0.197. The molecule has 36 heavy (non-hydrogen) atoms. The van der Waals surface area contributed by atoms with Crippen molar-refractivity contribution in [1.82, 2.24) is 14.6 Å². The van der Waals surface area contributed by atoms with Gasteiger partial charge < -0.3 is 10.6 Å². The van der Waals surface area contributed by atoms with Gasteiger partial charge in [-0.3, -0.25) is 4.79 Å².